The van der Waals surface area contributed by atoms with Crippen molar-refractivity contribution >= 4 is 51.4 Å². The molecule has 140 valence electrons. The second kappa shape index (κ2) is 8.74. The molecule has 1 unspecified atom stereocenters. The zero-order valence-corrected chi connectivity index (χ0v) is 15.8. The highest BCUT2D eigenvalue weighted by Gasteiger charge is 2.33. The zero-order chi connectivity index (χ0) is 19.3. The van der Waals surface area contributed by atoms with E-state index in [0.29, 0.717) is 16.0 Å². The lowest BCUT2D eigenvalue weighted by Gasteiger charge is -2.13. The van der Waals surface area contributed by atoms with Crippen LogP contribution in [0.15, 0.2) is 35.2 Å². The van der Waals surface area contributed by atoms with Crippen molar-refractivity contribution in [3.8, 4) is 0 Å². The second-order valence-electron chi connectivity index (χ2n) is 4.98. The minimum absolute atomic E-state index is 0.0183. The third-order valence-electron chi connectivity index (χ3n) is 2.99. The van der Waals surface area contributed by atoms with Gasteiger partial charge in [0.15, 0.2) is 4.34 Å². The first-order valence-electron chi connectivity index (χ1n) is 7.23. The Morgan fingerprint density at radius 1 is 1.46 bits per heavy atom. The quantitative estimate of drug-likeness (QED) is 0.489. The van der Waals surface area contributed by atoms with Crippen molar-refractivity contribution in [2.75, 3.05) is 17.2 Å². The topological polar surface area (TPSA) is 66.9 Å². The lowest BCUT2D eigenvalue weighted by molar-refractivity contribution is -0.137. The molecule has 0 bridgehead atoms. The highest BCUT2D eigenvalue weighted by atomic mass is 35.5. The van der Waals surface area contributed by atoms with E-state index in [1.807, 2.05) is 0 Å². The van der Waals surface area contributed by atoms with Crippen LogP contribution >= 0.6 is 34.7 Å². The summed E-state index contributed by atoms with van der Waals surface area (Å²) in [4.78, 5) is 12.2. The Bertz CT molecular complexity index is 797. The summed E-state index contributed by atoms with van der Waals surface area (Å²) in [5, 5.41) is 12.9. The molecule has 1 amide bonds. The van der Waals surface area contributed by atoms with Gasteiger partial charge < -0.3 is 10.6 Å². The number of rotatable bonds is 7. The first-order valence-corrected chi connectivity index (χ1v) is 9.30. The molecule has 0 aliphatic rings. The van der Waals surface area contributed by atoms with Crippen molar-refractivity contribution in [2.24, 2.45) is 0 Å². The molecular formula is C15H14ClF3N4OS2. The van der Waals surface area contributed by atoms with Gasteiger partial charge in [-0.2, -0.15) is 13.2 Å². The summed E-state index contributed by atoms with van der Waals surface area (Å²) in [6.07, 6.45) is -2.93. The van der Waals surface area contributed by atoms with Gasteiger partial charge in [0, 0.05) is 12.2 Å². The van der Waals surface area contributed by atoms with Gasteiger partial charge in [0.05, 0.1) is 15.8 Å². The van der Waals surface area contributed by atoms with Gasteiger partial charge in [-0.05, 0) is 25.1 Å². The molecule has 0 saturated heterocycles. The van der Waals surface area contributed by atoms with Crippen molar-refractivity contribution in [3.63, 3.8) is 0 Å². The number of nitrogens with one attached hydrogen (secondary N) is 2. The molecule has 0 aliphatic heterocycles. The third-order valence-corrected chi connectivity index (χ3v) is 5.38. The highest BCUT2D eigenvalue weighted by molar-refractivity contribution is 8.02. The van der Waals surface area contributed by atoms with Gasteiger partial charge in [-0.25, -0.2) is 0 Å². The van der Waals surface area contributed by atoms with Crippen LogP contribution < -0.4 is 10.6 Å². The van der Waals surface area contributed by atoms with Crippen molar-refractivity contribution in [2.45, 2.75) is 22.7 Å². The van der Waals surface area contributed by atoms with Crippen LogP contribution in [0.4, 0.5) is 24.0 Å². The molecule has 1 aromatic heterocycles. The van der Waals surface area contributed by atoms with Crippen molar-refractivity contribution < 1.29 is 18.0 Å². The number of benzene rings is 1. The predicted molar refractivity (Wildman–Crippen MR) is 99.0 cm³/mol. The summed E-state index contributed by atoms with van der Waals surface area (Å²) in [7, 11) is 0. The number of hydrogen-bond donors (Lipinski definition) is 2. The lowest BCUT2D eigenvalue weighted by atomic mass is 10.2. The maximum Gasteiger partial charge on any atom is 0.417 e. The normalized spacial score (nSPS) is 12.5. The van der Waals surface area contributed by atoms with Crippen LogP contribution in [0, 0.1) is 0 Å². The van der Waals surface area contributed by atoms with Gasteiger partial charge in [0.1, 0.15) is 0 Å². The van der Waals surface area contributed by atoms with Crippen LogP contribution in [0.5, 0.6) is 0 Å². The van der Waals surface area contributed by atoms with E-state index >= 15 is 0 Å². The van der Waals surface area contributed by atoms with Crippen LogP contribution in [-0.2, 0) is 11.0 Å². The van der Waals surface area contributed by atoms with Crippen LogP contribution in [0.1, 0.15) is 12.5 Å². The minimum Gasteiger partial charge on any atom is -0.357 e. The molecule has 0 aliphatic carbocycles. The molecule has 0 saturated carbocycles. The summed E-state index contributed by atoms with van der Waals surface area (Å²) >= 11 is 7.99. The molecule has 1 atom stereocenters. The molecule has 11 heteroatoms. The van der Waals surface area contributed by atoms with Crippen LogP contribution in [-0.4, -0.2) is 27.9 Å². The molecule has 2 rings (SSSR count). The van der Waals surface area contributed by atoms with Gasteiger partial charge in [-0.1, -0.05) is 40.8 Å². The zero-order valence-electron chi connectivity index (χ0n) is 13.4. The Hall–Kier alpha value is -1.78. The highest BCUT2D eigenvalue weighted by Crippen LogP contribution is 2.36. The van der Waals surface area contributed by atoms with E-state index in [4.69, 9.17) is 11.6 Å². The first-order chi connectivity index (χ1) is 12.2. The smallest absolute Gasteiger partial charge is 0.357 e. The fourth-order valence-electron chi connectivity index (χ4n) is 1.76. The average Bonchev–Trinajstić information content (AvgIpc) is 3.01. The minimum atomic E-state index is -4.60. The van der Waals surface area contributed by atoms with Gasteiger partial charge >= 0.3 is 6.18 Å². The van der Waals surface area contributed by atoms with Crippen molar-refractivity contribution in [3.05, 3.63) is 41.4 Å². The molecule has 26 heavy (non-hydrogen) atoms. The number of thioether (sulfide) groups is 1. The number of carbonyl (C=O) groups is 1. The number of anilines is 2. The summed E-state index contributed by atoms with van der Waals surface area (Å²) in [5.41, 5.74) is -0.982. The van der Waals surface area contributed by atoms with E-state index in [1.165, 1.54) is 17.4 Å². The third kappa shape index (κ3) is 5.61. The Morgan fingerprint density at radius 3 is 2.85 bits per heavy atom. The lowest BCUT2D eigenvalue weighted by Crippen LogP contribution is -2.22. The number of nitrogens with zero attached hydrogens (tertiary/aromatic N) is 2. The molecule has 2 N–H and O–H groups in total. The van der Waals surface area contributed by atoms with E-state index in [2.05, 4.69) is 27.4 Å². The Labute approximate surface area is 161 Å². The fourth-order valence-corrected chi connectivity index (χ4v) is 3.88. The molecule has 5 nitrogen and oxygen atoms in total. The number of carbonyl (C=O) groups excluding carboxylic acids is 1. The molecule has 1 aromatic carbocycles. The summed E-state index contributed by atoms with van der Waals surface area (Å²) in [6.45, 7) is 5.74. The molecule has 1 heterocycles. The van der Waals surface area contributed by atoms with E-state index in [1.54, 1.807) is 13.0 Å². The van der Waals surface area contributed by atoms with Crippen molar-refractivity contribution in [1.82, 2.24) is 10.2 Å². The summed E-state index contributed by atoms with van der Waals surface area (Å²) in [5.74, 6) is -0.457. The number of hydrogen-bond acceptors (Lipinski definition) is 6. The largest absolute Gasteiger partial charge is 0.417 e. The number of amides is 1. The van der Waals surface area contributed by atoms with E-state index in [-0.39, 0.29) is 5.69 Å². The van der Waals surface area contributed by atoms with Crippen molar-refractivity contribution in [1.29, 1.82) is 0 Å². The maximum absolute atomic E-state index is 12.9. The molecule has 0 radical (unpaired) electrons. The van der Waals surface area contributed by atoms with Gasteiger partial charge in [0.25, 0.3) is 0 Å². The average molecular weight is 423 g/mol. The second-order valence-corrected chi connectivity index (χ2v) is 7.96. The van der Waals surface area contributed by atoms with Gasteiger partial charge in [-0.15, -0.1) is 16.8 Å². The Morgan fingerprint density at radius 2 is 2.19 bits per heavy atom. The summed E-state index contributed by atoms with van der Waals surface area (Å²) < 4.78 is 39.2. The van der Waals surface area contributed by atoms with Crippen LogP contribution in [0.25, 0.3) is 0 Å². The van der Waals surface area contributed by atoms with E-state index in [9.17, 15) is 18.0 Å². The van der Waals surface area contributed by atoms with Gasteiger partial charge in [-0.3, -0.25) is 4.79 Å². The van der Waals surface area contributed by atoms with E-state index in [0.717, 1.165) is 23.9 Å². The molecule has 0 fully saturated rings. The monoisotopic (exact) mass is 422 g/mol. The molecule has 2 aromatic rings. The van der Waals surface area contributed by atoms with E-state index < -0.39 is 27.9 Å². The van der Waals surface area contributed by atoms with Crippen LogP contribution in [0.3, 0.4) is 0 Å². The van der Waals surface area contributed by atoms with Gasteiger partial charge in [0.2, 0.25) is 11.0 Å². The fraction of sp³-hybridized carbons (Fsp3) is 0.267. The summed E-state index contributed by atoms with van der Waals surface area (Å²) in [6, 6.07) is 3.22. The predicted octanol–water partition coefficient (Wildman–Crippen LogP) is 4.93. The first kappa shape index (κ1) is 20.5. The number of halogens is 4. The number of alkyl halides is 3. The Kier molecular flexibility index (Phi) is 6.90. The molecule has 0 spiro atoms. The standard InChI is InChI=1S/C15H14ClF3N4OS2/c1-3-6-20-13-22-23-14(26-13)25-8(2)12(24)21-9-4-5-11(16)10(7-9)15(17,18)19/h3-5,7-8H,1,6H2,2H3,(H,20,22)(H,21,24). The maximum atomic E-state index is 12.9. The Balaban J connectivity index is 2.01. The number of aromatic nitrogens is 2. The molecular weight excluding hydrogens is 409 g/mol. The SMILES string of the molecule is C=CCNc1nnc(SC(C)C(=O)Nc2ccc(Cl)c(C(F)(F)F)c2)s1. The van der Waals surface area contributed by atoms with Crippen LogP contribution in [0.2, 0.25) is 5.02 Å².